The van der Waals surface area contributed by atoms with Crippen LogP contribution in [-0.4, -0.2) is 27.4 Å². The molecule has 206 valence electrons. The smallest absolute Gasteiger partial charge is 0.264 e. The molecule has 1 fully saturated rings. The van der Waals surface area contributed by atoms with Crippen molar-refractivity contribution in [2.24, 2.45) is 5.92 Å². The molecule has 1 aliphatic heterocycles. The van der Waals surface area contributed by atoms with Gasteiger partial charge in [-0.1, -0.05) is 48.0 Å². The number of nitrogen functional groups attached to an aromatic ring is 1. The van der Waals surface area contributed by atoms with E-state index in [9.17, 15) is 13.2 Å². The first-order valence-electron chi connectivity index (χ1n) is 13.3. The maximum Gasteiger partial charge on any atom is 0.264 e. The van der Waals surface area contributed by atoms with Gasteiger partial charge in [0.25, 0.3) is 15.9 Å². The van der Waals surface area contributed by atoms with Gasteiger partial charge in [0.1, 0.15) is 0 Å². The highest BCUT2D eigenvalue weighted by Gasteiger charge is 2.22. The Labute approximate surface area is 240 Å². The molecule has 4 aromatic rings. The Morgan fingerprint density at radius 1 is 0.950 bits per heavy atom. The van der Waals surface area contributed by atoms with Gasteiger partial charge < -0.3 is 10.6 Å². The van der Waals surface area contributed by atoms with Gasteiger partial charge in [-0.15, -0.1) is 0 Å². The molecule has 5 rings (SSSR count). The minimum atomic E-state index is -4.00. The summed E-state index contributed by atoms with van der Waals surface area (Å²) in [6, 6.07) is 28.0. The number of nitrogens with zero attached hydrogens (tertiary/aromatic N) is 1. The Morgan fingerprint density at radius 2 is 1.62 bits per heavy atom. The van der Waals surface area contributed by atoms with Crippen molar-refractivity contribution < 1.29 is 13.2 Å². The second-order valence-corrected chi connectivity index (χ2v) is 12.4. The molecular weight excluding hydrogens is 542 g/mol. The van der Waals surface area contributed by atoms with Crippen LogP contribution in [0.1, 0.15) is 34.3 Å². The molecule has 1 heterocycles. The number of halogens is 1. The molecule has 0 unspecified atom stereocenters. The van der Waals surface area contributed by atoms with Crippen LogP contribution < -0.4 is 15.4 Å². The third kappa shape index (κ3) is 6.32. The van der Waals surface area contributed by atoms with Crippen molar-refractivity contribution in [1.29, 1.82) is 0 Å². The summed E-state index contributed by atoms with van der Waals surface area (Å²) < 4.78 is 27.5. The Morgan fingerprint density at radius 3 is 2.30 bits per heavy atom. The van der Waals surface area contributed by atoms with Gasteiger partial charge in [-0.3, -0.25) is 4.79 Å². The molecule has 1 amide bonds. The molecule has 1 aliphatic rings. The lowest BCUT2D eigenvalue weighted by Crippen LogP contribution is -2.34. The van der Waals surface area contributed by atoms with E-state index in [4.69, 9.17) is 17.3 Å². The zero-order valence-electron chi connectivity index (χ0n) is 22.3. The van der Waals surface area contributed by atoms with Crippen molar-refractivity contribution in [3.8, 4) is 11.1 Å². The highest BCUT2D eigenvalue weighted by Crippen LogP contribution is 2.31. The van der Waals surface area contributed by atoms with Crippen molar-refractivity contribution in [3.05, 3.63) is 113 Å². The number of sulfonamides is 1. The Hall–Kier alpha value is -3.81. The van der Waals surface area contributed by atoms with Crippen LogP contribution in [0.2, 0.25) is 5.02 Å². The van der Waals surface area contributed by atoms with Crippen LogP contribution in [0.5, 0.6) is 0 Å². The predicted molar refractivity (Wildman–Crippen MR) is 162 cm³/mol. The van der Waals surface area contributed by atoms with Gasteiger partial charge >= 0.3 is 0 Å². The average Bonchev–Trinajstić information content (AvgIpc) is 2.95. The summed E-state index contributed by atoms with van der Waals surface area (Å²) in [7, 11) is -4.00. The molecule has 0 aliphatic carbocycles. The number of carbonyl (C=O) groups excluding carboxylic acids is 1. The van der Waals surface area contributed by atoms with Crippen molar-refractivity contribution >= 4 is 38.9 Å². The molecule has 6 nitrogen and oxygen atoms in total. The maximum absolute atomic E-state index is 12.7. The van der Waals surface area contributed by atoms with Gasteiger partial charge in [-0.25, -0.2) is 13.1 Å². The molecule has 4 aromatic carbocycles. The maximum atomic E-state index is 12.7. The third-order valence-electron chi connectivity index (χ3n) is 7.57. The largest absolute Gasteiger partial charge is 0.399 e. The predicted octanol–water partition coefficient (Wildman–Crippen LogP) is 6.48. The SMILES string of the molecule is Cc1cc(S(=O)(=O)NC(=O)c2ccc(N3CCC(Cc4ccccc4-c4ccc(Cl)cc4)CC3)cc2)ccc1N. The monoisotopic (exact) mass is 573 g/mol. The van der Waals surface area contributed by atoms with Crippen molar-refractivity contribution in [1.82, 2.24) is 4.72 Å². The number of rotatable bonds is 7. The van der Waals surface area contributed by atoms with Gasteiger partial charge in [0.15, 0.2) is 0 Å². The topological polar surface area (TPSA) is 92.5 Å². The second kappa shape index (κ2) is 11.7. The number of piperidine rings is 1. The summed E-state index contributed by atoms with van der Waals surface area (Å²) in [5.74, 6) is -0.0870. The lowest BCUT2D eigenvalue weighted by molar-refractivity contribution is 0.0981. The van der Waals surface area contributed by atoms with E-state index in [1.165, 1.54) is 34.9 Å². The number of hydrogen-bond acceptors (Lipinski definition) is 5. The fourth-order valence-electron chi connectivity index (χ4n) is 5.19. The molecule has 1 saturated heterocycles. The van der Waals surface area contributed by atoms with E-state index in [0.717, 1.165) is 43.1 Å². The highest BCUT2D eigenvalue weighted by molar-refractivity contribution is 7.90. The molecular formula is C32H32ClN3O3S. The lowest BCUT2D eigenvalue weighted by Gasteiger charge is -2.34. The molecule has 0 aromatic heterocycles. The molecule has 40 heavy (non-hydrogen) atoms. The third-order valence-corrected chi connectivity index (χ3v) is 9.15. The zero-order chi connectivity index (χ0) is 28.3. The number of amides is 1. The average molecular weight is 574 g/mol. The molecule has 0 spiro atoms. The number of benzene rings is 4. The van der Waals surface area contributed by atoms with Crippen LogP contribution >= 0.6 is 11.6 Å². The Kier molecular flexibility index (Phi) is 8.14. The van der Waals surface area contributed by atoms with Gasteiger partial charge in [-0.05, 0) is 109 Å². The van der Waals surface area contributed by atoms with E-state index in [1.54, 1.807) is 19.1 Å². The van der Waals surface area contributed by atoms with Crippen molar-refractivity contribution in [3.63, 3.8) is 0 Å². The first-order valence-corrected chi connectivity index (χ1v) is 15.2. The normalized spacial score (nSPS) is 14.2. The van der Waals surface area contributed by atoms with Gasteiger partial charge in [0.05, 0.1) is 4.90 Å². The highest BCUT2D eigenvalue weighted by atomic mass is 35.5. The summed E-state index contributed by atoms with van der Waals surface area (Å²) in [6.45, 7) is 3.56. The van der Waals surface area contributed by atoms with E-state index in [0.29, 0.717) is 17.2 Å². The number of nitrogens with two attached hydrogens (primary N) is 1. The zero-order valence-corrected chi connectivity index (χ0v) is 23.9. The first kappa shape index (κ1) is 27.7. The number of hydrogen-bond donors (Lipinski definition) is 2. The first-order chi connectivity index (χ1) is 19.2. The minimum absolute atomic E-state index is 0.00262. The van der Waals surface area contributed by atoms with Crippen molar-refractivity contribution in [2.75, 3.05) is 23.7 Å². The van der Waals surface area contributed by atoms with E-state index in [2.05, 4.69) is 46.0 Å². The molecule has 0 radical (unpaired) electrons. The number of carbonyl (C=O) groups is 1. The molecule has 0 bridgehead atoms. The van der Waals surface area contributed by atoms with Gasteiger partial charge in [0.2, 0.25) is 0 Å². The van der Waals surface area contributed by atoms with Crippen LogP contribution in [0.4, 0.5) is 11.4 Å². The van der Waals surface area contributed by atoms with E-state index in [1.807, 2.05) is 24.3 Å². The fourth-order valence-corrected chi connectivity index (χ4v) is 6.38. The van der Waals surface area contributed by atoms with Crippen molar-refractivity contribution in [2.45, 2.75) is 31.1 Å². The van der Waals surface area contributed by atoms with Crippen LogP contribution in [0.25, 0.3) is 11.1 Å². The van der Waals surface area contributed by atoms with Crippen LogP contribution in [0.3, 0.4) is 0 Å². The number of anilines is 2. The summed E-state index contributed by atoms with van der Waals surface area (Å²) in [4.78, 5) is 15.0. The quantitative estimate of drug-likeness (QED) is 0.247. The van der Waals surface area contributed by atoms with Crippen LogP contribution in [0, 0.1) is 12.8 Å². The fraction of sp³-hybridized carbons (Fsp3) is 0.219. The standard InChI is InChI=1S/C32H32ClN3O3S/c1-22-20-29(14-15-31(22)34)40(38,39)35-32(37)25-8-12-28(13-9-25)36-18-16-23(17-19-36)21-26-4-2-3-5-30(26)24-6-10-27(33)11-7-24/h2-15,20,23H,16-19,21,34H2,1H3,(H,35,37). The van der Waals surface area contributed by atoms with E-state index in [-0.39, 0.29) is 10.5 Å². The molecule has 3 N–H and O–H groups in total. The van der Waals surface area contributed by atoms with Crippen LogP contribution in [0.15, 0.2) is 95.9 Å². The van der Waals surface area contributed by atoms with E-state index >= 15 is 0 Å². The summed E-state index contributed by atoms with van der Waals surface area (Å²) in [5.41, 5.74) is 12.0. The number of aryl methyl sites for hydroxylation is 1. The van der Waals surface area contributed by atoms with Gasteiger partial charge in [0, 0.05) is 35.1 Å². The summed E-state index contributed by atoms with van der Waals surface area (Å²) in [6.07, 6.45) is 3.15. The number of nitrogens with one attached hydrogen (secondary N) is 1. The molecule has 0 atom stereocenters. The Bertz CT molecular complexity index is 1610. The lowest BCUT2D eigenvalue weighted by atomic mass is 9.87. The summed E-state index contributed by atoms with van der Waals surface area (Å²) in [5, 5.41) is 0.737. The minimum Gasteiger partial charge on any atom is -0.399 e. The van der Waals surface area contributed by atoms with E-state index < -0.39 is 15.9 Å². The second-order valence-electron chi connectivity index (χ2n) is 10.3. The van der Waals surface area contributed by atoms with Crippen LogP contribution in [-0.2, 0) is 16.4 Å². The summed E-state index contributed by atoms with van der Waals surface area (Å²) >= 11 is 6.09. The molecule has 0 saturated carbocycles. The van der Waals surface area contributed by atoms with Gasteiger partial charge in [-0.2, -0.15) is 0 Å². The molecule has 8 heteroatoms. The Balaban J connectivity index is 1.19.